The summed E-state index contributed by atoms with van der Waals surface area (Å²) in [5.74, 6) is 0. The van der Waals surface area contributed by atoms with E-state index in [1.165, 1.54) is 5.56 Å². The van der Waals surface area contributed by atoms with Crippen LogP contribution in [0.5, 0.6) is 0 Å². The summed E-state index contributed by atoms with van der Waals surface area (Å²) in [6, 6.07) is 23.5. The average Bonchev–Trinajstić information content (AvgIpc) is 3.20. The molecule has 0 bridgehead atoms. The molecule has 3 nitrogen and oxygen atoms in total. The van der Waals surface area contributed by atoms with Gasteiger partial charge in [-0.05, 0) is 59.7 Å². The Morgan fingerprint density at radius 3 is 2.12 bits per heavy atom. The highest BCUT2D eigenvalue weighted by atomic mass is 32.2. The predicted octanol–water partition coefficient (Wildman–Crippen LogP) is 7.23. The Morgan fingerprint density at radius 2 is 1.41 bits per heavy atom. The first kappa shape index (κ1) is 22.3. The van der Waals surface area contributed by atoms with Crippen LogP contribution < -0.4 is 0 Å². The van der Waals surface area contributed by atoms with E-state index in [2.05, 4.69) is 26.0 Å². The molecular formula is C28H31NO2S. The maximum Gasteiger partial charge on any atom is 0.267 e. The van der Waals surface area contributed by atoms with Crippen molar-refractivity contribution in [3.8, 4) is 11.1 Å². The first-order valence-corrected chi connectivity index (χ1v) is 13.0. The third-order valence-corrected chi connectivity index (χ3v) is 7.79. The topological polar surface area (TPSA) is 39.1 Å². The second kappa shape index (κ2) is 9.74. The quantitative estimate of drug-likeness (QED) is 0.272. The van der Waals surface area contributed by atoms with Crippen LogP contribution >= 0.6 is 0 Å². The van der Waals surface area contributed by atoms with Gasteiger partial charge >= 0.3 is 0 Å². The Hall–Kier alpha value is -2.85. The number of unbranched alkanes of at least 4 members (excludes halogenated alkanes) is 2. The Balaban J connectivity index is 1.91. The van der Waals surface area contributed by atoms with Gasteiger partial charge in [0.05, 0.1) is 4.90 Å². The van der Waals surface area contributed by atoms with E-state index in [-0.39, 0.29) is 0 Å². The van der Waals surface area contributed by atoms with E-state index in [1.54, 1.807) is 16.1 Å². The molecule has 1 aromatic heterocycles. The van der Waals surface area contributed by atoms with E-state index in [1.807, 2.05) is 54.7 Å². The van der Waals surface area contributed by atoms with Crippen molar-refractivity contribution in [3.63, 3.8) is 0 Å². The number of benzene rings is 3. The van der Waals surface area contributed by atoms with E-state index in [4.69, 9.17) is 0 Å². The van der Waals surface area contributed by atoms with Gasteiger partial charge in [0, 0.05) is 17.5 Å². The monoisotopic (exact) mass is 445 g/mol. The van der Waals surface area contributed by atoms with Crippen molar-refractivity contribution in [1.29, 1.82) is 0 Å². The van der Waals surface area contributed by atoms with E-state index in [0.29, 0.717) is 4.90 Å². The molecule has 3 aromatic carbocycles. The fourth-order valence-electron chi connectivity index (χ4n) is 4.32. The molecule has 0 aliphatic rings. The second-order valence-corrected chi connectivity index (χ2v) is 10.2. The van der Waals surface area contributed by atoms with Gasteiger partial charge in [-0.1, -0.05) is 87.4 Å². The highest BCUT2D eigenvalue weighted by Gasteiger charge is 2.25. The van der Waals surface area contributed by atoms with Crippen molar-refractivity contribution in [2.75, 3.05) is 0 Å². The van der Waals surface area contributed by atoms with Crippen LogP contribution in [0.1, 0.15) is 50.8 Å². The lowest BCUT2D eigenvalue weighted by molar-refractivity contribution is 0.583. The number of fused-ring (bicyclic) bond motifs is 1. The van der Waals surface area contributed by atoms with E-state index in [0.717, 1.165) is 66.1 Å². The molecule has 166 valence electrons. The van der Waals surface area contributed by atoms with Crippen LogP contribution in [0.3, 0.4) is 0 Å². The summed E-state index contributed by atoms with van der Waals surface area (Å²) in [6.07, 6.45) is 7.60. The molecule has 0 amide bonds. The molecule has 0 N–H and O–H groups in total. The number of hydrogen-bond acceptors (Lipinski definition) is 2. The summed E-state index contributed by atoms with van der Waals surface area (Å²) >= 11 is 0. The summed E-state index contributed by atoms with van der Waals surface area (Å²) in [5.41, 5.74) is 4.22. The average molecular weight is 446 g/mol. The van der Waals surface area contributed by atoms with E-state index < -0.39 is 10.0 Å². The highest BCUT2D eigenvalue weighted by Crippen LogP contribution is 2.33. The molecule has 0 atom stereocenters. The highest BCUT2D eigenvalue weighted by molar-refractivity contribution is 7.90. The first-order valence-electron chi connectivity index (χ1n) is 11.6. The van der Waals surface area contributed by atoms with E-state index >= 15 is 0 Å². The molecule has 0 saturated carbocycles. The number of nitrogens with zero attached hydrogens (tertiary/aromatic N) is 1. The van der Waals surface area contributed by atoms with Crippen LogP contribution in [0, 0.1) is 0 Å². The minimum Gasteiger partial charge on any atom is -0.245 e. The fourth-order valence-corrected chi connectivity index (χ4v) is 5.80. The van der Waals surface area contributed by atoms with Crippen LogP contribution in [0.25, 0.3) is 21.9 Å². The van der Waals surface area contributed by atoms with Gasteiger partial charge < -0.3 is 0 Å². The van der Waals surface area contributed by atoms with Gasteiger partial charge in [0.2, 0.25) is 0 Å². The summed E-state index contributed by atoms with van der Waals surface area (Å²) < 4.78 is 29.4. The largest absolute Gasteiger partial charge is 0.267 e. The Kier molecular flexibility index (Phi) is 6.80. The zero-order valence-corrected chi connectivity index (χ0v) is 19.7. The van der Waals surface area contributed by atoms with Crippen molar-refractivity contribution in [2.24, 2.45) is 0 Å². The lowest BCUT2D eigenvalue weighted by Gasteiger charge is -2.13. The molecule has 0 aliphatic carbocycles. The summed E-state index contributed by atoms with van der Waals surface area (Å²) in [7, 11) is -3.71. The molecule has 1 heterocycles. The van der Waals surface area contributed by atoms with Crippen LogP contribution in [-0.2, 0) is 22.9 Å². The van der Waals surface area contributed by atoms with Gasteiger partial charge in [-0.15, -0.1) is 0 Å². The summed E-state index contributed by atoms with van der Waals surface area (Å²) in [5, 5.41) is 1.98. The number of aromatic nitrogens is 1. The van der Waals surface area contributed by atoms with Crippen LogP contribution in [0.15, 0.2) is 83.9 Å². The van der Waals surface area contributed by atoms with Gasteiger partial charge in [0.25, 0.3) is 10.0 Å². The number of rotatable bonds is 9. The molecule has 4 aromatic rings. The molecule has 4 heteroatoms. The Bertz CT molecular complexity index is 1300. The van der Waals surface area contributed by atoms with Gasteiger partial charge in [-0.3, -0.25) is 0 Å². The summed E-state index contributed by atoms with van der Waals surface area (Å²) in [6.45, 7) is 4.33. The Labute approximate surface area is 191 Å². The van der Waals surface area contributed by atoms with Crippen LogP contribution in [0.4, 0.5) is 0 Å². The van der Waals surface area contributed by atoms with Crippen molar-refractivity contribution < 1.29 is 8.42 Å². The first-order chi connectivity index (χ1) is 15.6. The minimum absolute atomic E-state index is 0.339. The third-order valence-electron chi connectivity index (χ3n) is 6.10. The zero-order chi connectivity index (χ0) is 22.6. The Morgan fingerprint density at radius 1 is 0.750 bits per heavy atom. The molecule has 0 radical (unpaired) electrons. The molecule has 4 rings (SSSR count). The molecule has 0 saturated heterocycles. The van der Waals surface area contributed by atoms with Crippen molar-refractivity contribution in [1.82, 2.24) is 3.97 Å². The normalized spacial score (nSPS) is 11.8. The molecule has 0 unspecified atom stereocenters. The lowest BCUT2D eigenvalue weighted by atomic mass is 9.97. The van der Waals surface area contributed by atoms with Gasteiger partial charge in [0.1, 0.15) is 0 Å². The van der Waals surface area contributed by atoms with E-state index in [9.17, 15) is 8.42 Å². The molecule has 0 aliphatic heterocycles. The number of hydrogen-bond donors (Lipinski definition) is 0. The maximum absolute atomic E-state index is 13.9. The minimum atomic E-state index is -3.71. The van der Waals surface area contributed by atoms with Crippen LogP contribution in [0.2, 0.25) is 0 Å². The predicted molar refractivity (Wildman–Crippen MR) is 134 cm³/mol. The molecule has 0 spiro atoms. The molecular weight excluding hydrogens is 414 g/mol. The van der Waals surface area contributed by atoms with Gasteiger partial charge in [0.15, 0.2) is 0 Å². The second-order valence-electron chi connectivity index (χ2n) is 8.35. The fraction of sp³-hybridized carbons (Fsp3) is 0.286. The third kappa shape index (κ3) is 4.37. The van der Waals surface area contributed by atoms with Crippen LogP contribution in [-0.4, -0.2) is 12.4 Å². The standard InChI is InChI=1S/C28H31NO2S/c1-3-5-16-26-27(23-13-8-7-9-14-23)21-29(28(26)17-6-4-2)32(30,31)25-19-18-22-12-10-11-15-24(22)20-25/h7-15,18-21H,3-6,16-17H2,1-2H3. The summed E-state index contributed by atoms with van der Waals surface area (Å²) in [4.78, 5) is 0.339. The zero-order valence-electron chi connectivity index (χ0n) is 18.9. The lowest BCUT2D eigenvalue weighted by Crippen LogP contribution is -2.15. The smallest absolute Gasteiger partial charge is 0.245 e. The van der Waals surface area contributed by atoms with Gasteiger partial charge in [-0.2, -0.15) is 0 Å². The molecule has 0 fully saturated rings. The molecule has 32 heavy (non-hydrogen) atoms. The maximum atomic E-state index is 13.9. The van der Waals surface area contributed by atoms with Gasteiger partial charge in [-0.25, -0.2) is 12.4 Å². The SMILES string of the molecule is CCCCc1c(-c2ccccc2)cn(S(=O)(=O)c2ccc3ccccc3c2)c1CCCC. The van der Waals surface area contributed by atoms with Crippen molar-refractivity contribution in [3.05, 3.63) is 90.3 Å². The van der Waals surface area contributed by atoms with Crippen molar-refractivity contribution in [2.45, 2.75) is 57.3 Å². The van der Waals surface area contributed by atoms with Crippen molar-refractivity contribution >= 4 is 20.8 Å².